The minimum atomic E-state index is -0.418. The van der Waals surface area contributed by atoms with Gasteiger partial charge in [-0.1, -0.05) is 28.1 Å². The second-order valence-electron chi connectivity index (χ2n) is 3.89. The molecule has 1 amide bonds. The van der Waals surface area contributed by atoms with Crippen LogP contribution in [0.25, 0.3) is 0 Å². The molecule has 0 spiro atoms. The Morgan fingerprint density at radius 3 is 2.65 bits per heavy atom. The number of ketones is 1. The predicted octanol–water partition coefficient (Wildman–Crippen LogP) is 2.36. The number of ether oxygens (including phenoxy) is 1. The molecule has 2 rings (SSSR count). The summed E-state index contributed by atoms with van der Waals surface area (Å²) in [4.78, 5) is 24.0. The van der Waals surface area contributed by atoms with E-state index in [4.69, 9.17) is 4.74 Å². The van der Waals surface area contributed by atoms with Crippen LogP contribution in [0.2, 0.25) is 0 Å². The number of carbonyl (C=O) groups excluding carboxylic acids is 2. The van der Waals surface area contributed by atoms with Crippen molar-refractivity contribution in [3.05, 3.63) is 34.3 Å². The van der Waals surface area contributed by atoms with Crippen LogP contribution in [0, 0.1) is 0 Å². The standard InChI is InChI=1S/C12H12BrNO3/c13-10-3-1-9(2-4-10)8-17-12(16)14-6-5-11(15)7-14/h1-4H,5-8H2. The highest BCUT2D eigenvalue weighted by Crippen LogP contribution is 2.12. The summed E-state index contributed by atoms with van der Waals surface area (Å²) in [5, 5.41) is 0. The van der Waals surface area contributed by atoms with E-state index in [1.165, 1.54) is 4.90 Å². The summed E-state index contributed by atoms with van der Waals surface area (Å²) in [7, 11) is 0. The topological polar surface area (TPSA) is 46.6 Å². The Hall–Kier alpha value is -1.36. The number of carbonyl (C=O) groups is 2. The number of halogens is 1. The Labute approximate surface area is 108 Å². The SMILES string of the molecule is O=C1CCN(C(=O)OCc2ccc(Br)cc2)C1. The van der Waals surface area contributed by atoms with Crippen molar-refractivity contribution in [3.8, 4) is 0 Å². The van der Waals surface area contributed by atoms with E-state index in [2.05, 4.69) is 15.9 Å². The quantitative estimate of drug-likeness (QED) is 0.842. The van der Waals surface area contributed by atoms with Crippen LogP contribution in [-0.4, -0.2) is 29.9 Å². The molecule has 1 aliphatic heterocycles. The molecule has 17 heavy (non-hydrogen) atoms. The van der Waals surface area contributed by atoms with E-state index < -0.39 is 6.09 Å². The number of nitrogens with zero attached hydrogens (tertiary/aromatic N) is 1. The second-order valence-corrected chi connectivity index (χ2v) is 4.81. The van der Waals surface area contributed by atoms with Crippen molar-refractivity contribution >= 4 is 27.8 Å². The number of benzene rings is 1. The first-order valence-corrected chi connectivity index (χ1v) is 6.12. The van der Waals surface area contributed by atoms with Gasteiger partial charge < -0.3 is 9.64 Å². The summed E-state index contributed by atoms with van der Waals surface area (Å²) >= 11 is 3.33. The summed E-state index contributed by atoms with van der Waals surface area (Å²) in [6.45, 7) is 0.883. The molecule has 0 N–H and O–H groups in total. The van der Waals surface area contributed by atoms with Gasteiger partial charge in [-0.2, -0.15) is 0 Å². The number of amides is 1. The highest BCUT2D eigenvalue weighted by molar-refractivity contribution is 9.10. The molecule has 0 aliphatic carbocycles. The van der Waals surface area contributed by atoms with Crippen LogP contribution >= 0.6 is 15.9 Å². The van der Waals surface area contributed by atoms with Crippen LogP contribution in [0.1, 0.15) is 12.0 Å². The van der Waals surface area contributed by atoms with Crippen molar-refractivity contribution in [2.75, 3.05) is 13.1 Å². The summed E-state index contributed by atoms with van der Waals surface area (Å²) in [5.41, 5.74) is 0.923. The fraction of sp³-hybridized carbons (Fsp3) is 0.333. The van der Waals surface area contributed by atoms with Gasteiger partial charge >= 0.3 is 6.09 Å². The van der Waals surface area contributed by atoms with Crippen molar-refractivity contribution < 1.29 is 14.3 Å². The first-order chi connectivity index (χ1) is 8.15. The second kappa shape index (κ2) is 5.31. The Balaban J connectivity index is 1.84. The molecule has 0 unspecified atom stereocenters. The molecule has 0 radical (unpaired) electrons. The zero-order valence-corrected chi connectivity index (χ0v) is 10.8. The van der Waals surface area contributed by atoms with Crippen LogP contribution in [0.15, 0.2) is 28.7 Å². The molecule has 90 valence electrons. The largest absolute Gasteiger partial charge is 0.445 e. The van der Waals surface area contributed by atoms with E-state index in [9.17, 15) is 9.59 Å². The van der Waals surface area contributed by atoms with E-state index in [0.717, 1.165) is 10.0 Å². The van der Waals surface area contributed by atoms with Gasteiger partial charge in [-0.25, -0.2) is 4.79 Å². The fourth-order valence-corrected chi connectivity index (χ4v) is 1.87. The van der Waals surface area contributed by atoms with E-state index in [0.29, 0.717) is 13.0 Å². The molecule has 1 saturated heterocycles. The molecule has 1 aromatic carbocycles. The number of rotatable bonds is 2. The molecule has 0 bridgehead atoms. The zero-order valence-electron chi connectivity index (χ0n) is 9.19. The lowest BCUT2D eigenvalue weighted by Gasteiger charge is -2.14. The van der Waals surface area contributed by atoms with Gasteiger partial charge in [-0.3, -0.25) is 4.79 Å². The van der Waals surface area contributed by atoms with Gasteiger partial charge in [-0.15, -0.1) is 0 Å². The van der Waals surface area contributed by atoms with E-state index in [-0.39, 0.29) is 18.9 Å². The van der Waals surface area contributed by atoms with Gasteiger partial charge in [0.25, 0.3) is 0 Å². The van der Waals surface area contributed by atoms with Gasteiger partial charge in [-0.05, 0) is 17.7 Å². The average Bonchev–Trinajstić information content (AvgIpc) is 2.75. The minimum absolute atomic E-state index is 0.0885. The molecule has 1 aromatic rings. The molecule has 5 heteroatoms. The van der Waals surface area contributed by atoms with Crippen LogP contribution in [-0.2, 0) is 16.1 Å². The van der Waals surface area contributed by atoms with E-state index in [1.807, 2.05) is 24.3 Å². The third kappa shape index (κ3) is 3.30. The van der Waals surface area contributed by atoms with Crippen molar-refractivity contribution in [2.45, 2.75) is 13.0 Å². The molecular weight excluding hydrogens is 286 g/mol. The lowest BCUT2D eigenvalue weighted by Crippen LogP contribution is -2.29. The van der Waals surface area contributed by atoms with E-state index >= 15 is 0 Å². The summed E-state index contributed by atoms with van der Waals surface area (Å²) in [6, 6.07) is 7.55. The predicted molar refractivity (Wildman–Crippen MR) is 65.5 cm³/mol. The summed E-state index contributed by atoms with van der Waals surface area (Å²) < 4.78 is 6.10. The lowest BCUT2D eigenvalue weighted by atomic mass is 10.2. The molecule has 0 aromatic heterocycles. The third-order valence-electron chi connectivity index (χ3n) is 2.56. The molecule has 1 heterocycles. The van der Waals surface area contributed by atoms with Gasteiger partial charge in [0.1, 0.15) is 6.61 Å². The Bertz CT molecular complexity index is 430. The van der Waals surface area contributed by atoms with E-state index in [1.54, 1.807) is 0 Å². The Morgan fingerprint density at radius 1 is 1.35 bits per heavy atom. The smallest absolute Gasteiger partial charge is 0.410 e. The average molecular weight is 298 g/mol. The van der Waals surface area contributed by atoms with Crippen LogP contribution < -0.4 is 0 Å². The summed E-state index contributed by atoms with van der Waals surface area (Å²) in [6.07, 6.45) is 0.0201. The maximum Gasteiger partial charge on any atom is 0.410 e. The number of likely N-dealkylation sites (tertiary alicyclic amines) is 1. The molecule has 1 aliphatic rings. The fourth-order valence-electron chi connectivity index (χ4n) is 1.60. The summed E-state index contributed by atoms with van der Waals surface area (Å²) in [5.74, 6) is 0.0885. The first kappa shape index (κ1) is 12.1. The van der Waals surface area contributed by atoms with Gasteiger partial charge in [0.15, 0.2) is 5.78 Å². The monoisotopic (exact) mass is 297 g/mol. The Kier molecular flexibility index (Phi) is 3.78. The van der Waals surface area contributed by atoms with Crippen molar-refractivity contribution in [2.24, 2.45) is 0 Å². The zero-order chi connectivity index (χ0) is 12.3. The van der Waals surface area contributed by atoms with Crippen molar-refractivity contribution in [1.82, 2.24) is 4.90 Å². The maximum absolute atomic E-state index is 11.6. The van der Waals surface area contributed by atoms with Crippen molar-refractivity contribution in [1.29, 1.82) is 0 Å². The molecule has 0 atom stereocenters. The third-order valence-corrected chi connectivity index (χ3v) is 3.09. The highest BCUT2D eigenvalue weighted by Gasteiger charge is 2.24. The number of hydrogen-bond acceptors (Lipinski definition) is 3. The lowest BCUT2D eigenvalue weighted by molar-refractivity contribution is -0.116. The number of Topliss-reactive ketones (excluding diaryl/α,β-unsaturated/α-hetero) is 1. The highest BCUT2D eigenvalue weighted by atomic mass is 79.9. The normalized spacial score (nSPS) is 15.1. The minimum Gasteiger partial charge on any atom is -0.445 e. The van der Waals surface area contributed by atoms with Crippen LogP contribution in [0.4, 0.5) is 4.79 Å². The van der Waals surface area contributed by atoms with Gasteiger partial charge in [0.05, 0.1) is 6.54 Å². The van der Waals surface area contributed by atoms with Crippen LogP contribution in [0.5, 0.6) is 0 Å². The molecule has 4 nitrogen and oxygen atoms in total. The first-order valence-electron chi connectivity index (χ1n) is 5.33. The number of hydrogen-bond donors (Lipinski definition) is 0. The van der Waals surface area contributed by atoms with Crippen LogP contribution in [0.3, 0.4) is 0 Å². The molecule has 1 fully saturated rings. The maximum atomic E-state index is 11.6. The van der Waals surface area contributed by atoms with Gasteiger partial charge in [0.2, 0.25) is 0 Å². The van der Waals surface area contributed by atoms with Gasteiger partial charge in [0, 0.05) is 17.4 Å². The Morgan fingerprint density at radius 2 is 2.06 bits per heavy atom. The van der Waals surface area contributed by atoms with Crippen molar-refractivity contribution in [3.63, 3.8) is 0 Å². The molecule has 0 saturated carbocycles. The molecular formula is C12H12BrNO3.